The molecule has 4 nitrogen and oxygen atoms in total. The Hall–Kier alpha value is -1.63. The van der Waals surface area contributed by atoms with Gasteiger partial charge in [-0.05, 0) is 60.4 Å². The first-order valence-corrected chi connectivity index (χ1v) is 12.6. The van der Waals surface area contributed by atoms with E-state index in [0.717, 1.165) is 43.4 Å². The molecule has 1 aromatic heterocycles. The van der Waals surface area contributed by atoms with Crippen molar-refractivity contribution in [3.05, 3.63) is 58.3 Å². The van der Waals surface area contributed by atoms with Crippen molar-refractivity contribution in [1.29, 1.82) is 0 Å². The number of nitrogens with one attached hydrogen (secondary N) is 1. The molecule has 2 aromatic rings. The Balaban J connectivity index is 1.51. The summed E-state index contributed by atoms with van der Waals surface area (Å²) in [5.74, 6) is 0.727. The van der Waals surface area contributed by atoms with Crippen LogP contribution in [0.1, 0.15) is 54.5 Å². The standard InChI is InChI=1S/C22H26N2O2S2/c25-28(26,24-12-3-1-2-4-13-24)16-10-11-20-19(15-16)17-7-5-8-18(17)22(23-20)21-9-6-14-27-21/h5-7,9-11,14-15,17-18,22-23H,1-4,8,12-13H2. The summed E-state index contributed by atoms with van der Waals surface area (Å²) in [7, 11) is -3.42. The Morgan fingerprint density at radius 1 is 1.07 bits per heavy atom. The molecule has 3 atom stereocenters. The van der Waals surface area contributed by atoms with Crippen molar-refractivity contribution >= 4 is 27.0 Å². The monoisotopic (exact) mass is 414 g/mol. The lowest BCUT2D eigenvalue weighted by Gasteiger charge is -2.37. The highest BCUT2D eigenvalue weighted by Crippen LogP contribution is 2.50. The van der Waals surface area contributed by atoms with Gasteiger partial charge in [-0.15, -0.1) is 11.3 Å². The van der Waals surface area contributed by atoms with E-state index in [-0.39, 0.29) is 5.92 Å². The number of rotatable bonds is 3. The van der Waals surface area contributed by atoms with Gasteiger partial charge in [0.15, 0.2) is 0 Å². The number of fused-ring (bicyclic) bond motifs is 3. The molecule has 1 N–H and O–H groups in total. The van der Waals surface area contributed by atoms with Crippen LogP contribution in [-0.2, 0) is 10.0 Å². The first-order chi connectivity index (χ1) is 13.6. The van der Waals surface area contributed by atoms with Gasteiger partial charge in [-0.2, -0.15) is 4.31 Å². The fourth-order valence-corrected chi connectivity index (χ4v) is 7.32. The molecule has 0 radical (unpaired) electrons. The number of hydrogen-bond donors (Lipinski definition) is 1. The van der Waals surface area contributed by atoms with Crippen LogP contribution < -0.4 is 5.32 Å². The summed E-state index contributed by atoms with van der Waals surface area (Å²) in [5.41, 5.74) is 2.20. The van der Waals surface area contributed by atoms with Gasteiger partial charge in [-0.25, -0.2) is 8.42 Å². The molecule has 1 saturated heterocycles. The Labute approximate surface area is 171 Å². The lowest BCUT2D eigenvalue weighted by atomic mass is 9.79. The minimum Gasteiger partial charge on any atom is -0.377 e. The second kappa shape index (κ2) is 7.32. The minimum absolute atomic E-state index is 0.280. The van der Waals surface area contributed by atoms with Crippen LogP contribution in [0, 0.1) is 5.92 Å². The molecule has 3 unspecified atom stereocenters. The van der Waals surface area contributed by atoms with Crippen LogP contribution in [0.25, 0.3) is 0 Å². The summed E-state index contributed by atoms with van der Waals surface area (Å²) in [5, 5.41) is 5.83. The van der Waals surface area contributed by atoms with E-state index < -0.39 is 10.0 Å². The van der Waals surface area contributed by atoms with Crippen LogP contribution in [0.2, 0.25) is 0 Å². The first kappa shape index (κ1) is 18.4. The molecule has 0 spiro atoms. The molecular formula is C22H26N2O2S2. The summed E-state index contributed by atoms with van der Waals surface area (Å²) in [6.45, 7) is 1.29. The second-order valence-electron chi connectivity index (χ2n) is 8.06. The fourth-order valence-electron chi connectivity index (χ4n) is 4.91. The van der Waals surface area contributed by atoms with Gasteiger partial charge in [0, 0.05) is 29.6 Å². The van der Waals surface area contributed by atoms with Crippen molar-refractivity contribution in [3.63, 3.8) is 0 Å². The van der Waals surface area contributed by atoms with Crippen LogP contribution in [0.5, 0.6) is 0 Å². The van der Waals surface area contributed by atoms with E-state index in [1.165, 1.54) is 4.88 Å². The molecule has 1 aliphatic carbocycles. The van der Waals surface area contributed by atoms with Crippen LogP contribution in [0.3, 0.4) is 0 Å². The number of nitrogens with zero attached hydrogens (tertiary/aromatic N) is 1. The highest BCUT2D eigenvalue weighted by molar-refractivity contribution is 7.89. The van der Waals surface area contributed by atoms with E-state index in [4.69, 9.17) is 0 Å². The van der Waals surface area contributed by atoms with Crippen LogP contribution >= 0.6 is 11.3 Å². The highest BCUT2D eigenvalue weighted by Gasteiger charge is 2.39. The van der Waals surface area contributed by atoms with E-state index in [9.17, 15) is 8.42 Å². The SMILES string of the molecule is O=S(=O)(c1ccc2c(c1)C1C=CCC1C(c1cccs1)N2)N1CCCCCC1. The van der Waals surface area contributed by atoms with Gasteiger partial charge in [0.05, 0.1) is 10.9 Å². The molecule has 6 heteroatoms. The second-order valence-corrected chi connectivity index (χ2v) is 11.0. The molecule has 28 heavy (non-hydrogen) atoms. The third kappa shape index (κ3) is 3.11. The van der Waals surface area contributed by atoms with Gasteiger partial charge < -0.3 is 5.32 Å². The Kier molecular flexibility index (Phi) is 4.81. The van der Waals surface area contributed by atoms with Crippen molar-refractivity contribution in [2.75, 3.05) is 18.4 Å². The zero-order valence-electron chi connectivity index (χ0n) is 15.9. The van der Waals surface area contributed by atoms with E-state index in [0.29, 0.717) is 29.9 Å². The predicted octanol–water partition coefficient (Wildman–Crippen LogP) is 5.14. The molecule has 2 aliphatic heterocycles. The first-order valence-electron chi connectivity index (χ1n) is 10.3. The predicted molar refractivity (Wildman–Crippen MR) is 114 cm³/mol. The number of allylic oxidation sites excluding steroid dienone is 2. The number of anilines is 1. The lowest BCUT2D eigenvalue weighted by Crippen LogP contribution is -2.32. The molecule has 3 heterocycles. The maximum absolute atomic E-state index is 13.3. The molecule has 5 rings (SSSR count). The molecule has 0 bridgehead atoms. The maximum Gasteiger partial charge on any atom is 0.243 e. The van der Waals surface area contributed by atoms with Crippen molar-refractivity contribution in [1.82, 2.24) is 4.31 Å². The van der Waals surface area contributed by atoms with Crippen molar-refractivity contribution in [3.8, 4) is 0 Å². The summed E-state index contributed by atoms with van der Waals surface area (Å²) in [6, 6.07) is 10.3. The molecule has 148 valence electrons. The maximum atomic E-state index is 13.3. The molecule has 1 aromatic carbocycles. The summed E-state index contributed by atoms with van der Waals surface area (Å²) in [6.07, 6.45) is 9.72. The Morgan fingerprint density at radius 3 is 2.64 bits per heavy atom. The normalized spacial score (nSPS) is 27.6. The quantitative estimate of drug-likeness (QED) is 0.708. The smallest absolute Gasteiger partial charge is 0.243 e. The Bertz CT molecular complexity index is 974. The molecule has 0 amide bonds. The summed E-state index contributed by atoms with van der Waals surface area (Å²) < 4.78 is 28.2. The van der Waals surface area contributed by atoms with Crippen molar-refractivity contribution in [2.24, 2.45) is 5.92 Å². The van der Waals surface area contributed by atoms with Gasteiger partial charge in [0.25, 0.3) is 0 Å². The zero-order chi connectivity index (χ0) is 19.1. The van der Waals surface area contributed by atoms with E-state index in [2.05, 4.69) is 35.0 Å². The van der Waals surface area contributed by atoms with E-state index >= 15 is 0 Å². The number of thiophene rings is 1. The van der Waals surface area contributed by atoms with Crippen LogP contribution in [-0.4, -0.2) is 25.8 Å². The Morgan fingerprint density at radius 2 is 1.89 bits per heavy atom. The topological polar surface area (TPSA) is 49.4 Å². The summed E-state index contributed by atoms with van der Waals surface area (Å²) in [4.78, 5) is 1.80. The largest absolute Gasteiger partial charge is 0.377 e. The number of benzene rings is 1. The number of sulfonamides is 1. The van der Waals surface area contributed by atoms with Gasteiger partial charge in [0.2, 0.25) is 10.0 Å². The van der Waals surface area contributed by atoms with Crippen LogP contribution in [0.15, 0.2) is 52.8 Å². The lowest BCUT2D eigenvalue weighted by molar-refractivity contribution is 0.421. The molecule has 3 aliphatic rings. The molecular weight excluding hydrogens is 388 g/mol. The highest BCUT2D eigenvalue weighted by atomic mass is 32.2. The minimum atomic E-state index is -3.42. The van der Waals surface area contributed by atoms with Crippen LogP contribution in [0.4, 0.5) is 5.69 Å². The van der Waals surface area contributed by atoms with Crippen molar-refractivity contribution in [2.45, 2.75) is 49.0 Å². The number of hydrogen-bond acceptors (Lipinski definition) is 4. The average Bonchev–Trinajstić information content (AvgIpc) is 3.34. The third-order valence-corrected chi connectivity index (χ3v) is 9.24. The molecule has 0 saturated carbocycles. The van der Waals surface area contributed by atoms with Gasteiger partial charge in [0.1, 0.15) is 0 Å². The fraction of sp³-hybridized carbons (Fsp3) is 0.455. The van der Waals surface area contributed by atoms with E-state index in [1.54, 1.807) is 21.7 Å². The van der Waals surface area contributed by atoms with Crippen molar-refractivity contribution < 1.29 is 8.42 Å². The van der Waals surface area contributed by atoms with Gasteiger partial charge in [-0.3, -0.25) is 0 Å². The zero-order valence-corrected chi connectivity index (χ0v) is 17.5. The van der Waals surface area contributed by atoms with Gasteiger partial charge >= 0.3 is 0 Å². The third-order valence-electron chi connectivity index (χ3n) is 6.39. The molecule has 1 fully saturated rings. The average molecular weight is 415 g/mol. The van der Waals surface area contributed by atoms with Gasteiger partial charge in [-0.1, -0.05) is 31.1 Å². The van der Waals surface area contributed by atoms with E-state index in [1.807, 2.05) is 12.1 Å². The summed E-state index contributed by atoms with van der Waals surface area (Å²) >= 11 is 1.79.